The third-order valence-corrected chi connectivity index (χ3v) is 7.42. The van der Waals surface area contributed by atoms with Crippen LogP contribution in [0.2, 0.25) is 0 Å². The van der Waals surface area contributed by atoms with E-state index in [1.165, 1.54) is 25.1 Å². The number of fused-ring (bicyclic) bond motifs is 1. The lowest BCUT2D eigenvalue weighted by Gasteiger charge is -2.45. The van der Waals surface area contributed by atoms with Crippen molar-refractivity contribution in [1.29, 1.82) is 0 Å². The molecule has 0 aliphatic carbocycles. The summed E-state index contributed by atoms with van der Waals surface area (Å²) >= 11 is 0. The van der Waals surface area contributed by atoms with Gasteiger partial charge in [0.15, 0.2) is 18.2 Å². The van der Waals surface area contributed by atoms with Gasteiger partial charge in [0, 0.05) is 12.1 Å². The molecule has 3 heterocycles. The Labute approximate surface area is 233 Å². The number of Topliss-reactive ketones (excluding diaryl/α,β-unsaturated/α-hetero) is 1. The Kier molecular flexibility index (Phi) is 8.39. The Bertz CT molecular complexity index is 1240. The van der Waals surface area contributed by atoms with Gasteiger partial charge in [0.25, 0.3) is 0 Å². The molecule has 0 spiro atoms. The van der Waals surface area contributed by atoms with Crippen LogP contribution < -0.4 is 9.47 Å². The molecule has 3 aliphatic heterocycles. The maximum absolute atomic E-state index is 12.9. The fourth-order valence-electron chi connectivity index (χ4n) is 5.07. The summed E-state index contributed by atoms with van der Waals surface area (Å²) in [5.41, 5.74) is 0.529. The molecular formula is C27H32O14. The minimum absolute atomic E-state index is 0.0149. The molecule has 0 amide bonds. The summed E-state index contributed by atoms with van der Waals surface area (Å²) in [6.07, 6.45) is -16.0. The number of aliphatic hydroxyl groups is 6. The highest BCUT2D eigenvalue weighted by atomic mass is 16.8. The van der Waals surface area contributed by atoms with E-state index in [2.05, 4.69) is 0 Å². The predicted octanol–water partition coefficient (Wildman–Crippen LogP) is -1.17. The average Bonchev–Trinajstić information content (AvgIpc) is 2.94. The second-order valence-electron chi connectivity index (χ2n) is 10.2. The fraction of sp³-hybridized carbons (Fsp3) is 0.519. The van der Waals surface area contributed by atoms with Gasteiger partial charge in [-0.3, -0.25) is 4.79 Å². The lowest BCUT2D eigenvalue weighted by atomic mass is 9.95. The summed E-state index contributed by atoms with van der Waals surface area (Å²) in [6.45, 7) is 0.716. The monoisotopic (exact) mass is 580 g/mol. The standard InChI is InChI=1S/C27H32O14/c1-10-20(32)22(34)24(36)26(37-10)41-25-23(35)21(33)18(9-28)40-27(25)38-13-6-14(30)19-15(31)8-16(39-17(19)7-13)11-2-4-12(29)5-3-11/h2-7,10,16,18,20-30,32-36H,8-9H2,1H3/t10-,16+,18+,20-,21-,22+,23-,24+,25-,26+,27+/m1/s1. The number of benzene rings is 2. The Balaban J connectivity index is 1.41. The third kappa shape index (κ3) is 5.70. The number of ketones is 1. The van der Waals surface area contributed by atoms with E-state index in [1.54, 1.807) is 12.1 Å². The van der Waals surface area contributed by atoms with Gasteiger partial charge in [-0.05, 0) is 24.6 Å². The van der Waals surface area contributed by atoms with E-state index in [9.17, 15) is 45.6 Å². The van der Waals surface area contributed by atoms with E-state index in [0.717, 1.165) is 6.07 Å². The van der Waals surface area contributed by atoms with Gasteiger partial charge in [-0.1, -0.05) is 12.1 Å². The van der Waals surface area contributed by atoms with Crippen LogP contribution in [0.3, 0.4) is 0 Å². The van der Waals surface area contributed by atoms with Crippen molar-refractivity contribution in [2.75, 3.05) is 6.61 Å². The van der Waals surface area contributed by atoms with Gasteiger partial charge in [0.2, 0.25) is 6.29 Å². The van der Waals surface area contributed by atoms with Gasteiger partial charge in [-0.25, -0.2) is 0 Å². The van der Waals surface area contributed by atoms with E-state index in [0.29, 0.717) is 5.56 Å². The zero-order chi connectivity index (χ0) is 29.6. The van der Waals surface area contributed by atoms with E-state index < -0.39 is 85.7 Å². The molecule has 14 nitrogen and oxygen atoms in total. The number of aromatic hydroxyl groups is 2. The maximum atomic E-state index is 12.9. The van der Waals surface area contributed by atoms with Crippen molar-refractivity contribution in [3.05, 3.63) is 47.5 Å². The molecule has 41 heavy (non-hydrogen) atoms. The second-order valence-corrected chi connectivity index (χ2v) is 10.2. The largest absolute Gasteiger partial charge is 0.508 e. The van der Waals surface area contributed by atoms with E-state index in [-0.39, 0.29) is 29.2 Å². The van der Waals surface area contributed by atoms with Gasteiger partial charge < -0.3 is 64.5 Å². The molecule has 3 aliphatic rings. The Hall–Kier alpha value is -3.05. The summed E-state index contributed by atoms with van der Waals surface area (Å²) < 4.78 is 28.6. The number of carbonyl (C=O) groups is 1. The van der Waals surface area contributed by atoms with Crippen LogP contribution in [-0.2, 0) is 14.2 Å². The van der Waals surface area contributed by atoms with Gasteiger partial charge >= 0.3 is 0 Å². The van der Waals surface area contributed by atoms with Crippen molar-refractivity contribution in [3.8, 4) is 23.0 Å². The molecule has 0 aromatic heterocycles. The molecular weight excluding hydrogens is 548 g/mol. The van der Waals surface area contributed by atoms with E-state index >= 15 is 0 Å². The lowest BCUT2D eigenvalue weighted by Crippen LogP contribution is -2.64. The zero-order valence-corrected chi connectivity index (χ0v) is 21.8. The van der Waals surface area contributed by atoms with Crippen molar-refractivity contribution in [3.63, 3.8) is 0 Å². The van der Waals surface area contributed by atoms with Crippen molar-refractivity contribution in [2.45, 2.75) is 80.9 Å². The molecule has 0 saturated carbocycles. The first kappa shape index (κ1) is 29.4. The molecule has 14 heteroatoms. The van der Waals surface area contributed by atoms with Gasteiger partial charge in [0.05, 0.1) is 19.1 Å². The average molecular weight is 581 g/mol. The SMILES string of the molecule is C[C@H]1O[C@@H](O[C@H]2[C@@H](Oc3cc(O)c4c(c3)O[C@H](c3ccc(O)cc3)CC4=O)O[C@@H](CO)[C@@H](O)[C@H]2O)[C@@H](O)[C@@H](O)[C@@H]1O. The van der Waals surface area contributed by atoms with Crippen molar-refractivity contribution in [1.82, 2.24) is 0 Å². The van der Waals surface area contributed by atoms with Crippen LogP contribution in [-0.4, -0.2) is 115 Å². The van der Waals surface area contributed by atoms with Crippen LogP contribution in [0, 0.1) is 0 Å². The summed E-state index contributed by atoms with van der Waals surface area (Å²) in [7, 11) is 0. The molecule has 0 unspecified atom stereocenters. The molecule has 0 radical (unpaired) electrons. The lowest BCUT2D eigenvalue weighted by molar-refractivity contribution is -0.354. The minimum Gasteiger partial charge on any atom is -0.508 e. The topological polar surface area (TPSA) is 225 Å². The molecule has 2 fully saturated rings. The smallest absolute Gasteiger partial charge is 0.229 e. The van der Waals surface area contributed by atoms with Crippen molar-refractivity contribution in [2.24, 2.45) is 0 Å². The summed E-state index contributed by atoms with van der Waals surface area (Å²) in [5, 5.41) is 81.6. The predicted molar refractivity (Wildman–Crippen MR) is 134 cm³/mol. The van der Waals surface area contributed by atoms with Crippen LogP contribution in [0.25, 0.3) is 0 Å². The normalized spacial score (nSPS) is 37.2. The number of carbonyl (C=O) groups excluding carboxylic acids is 1. The number of hydrogen-bond donors (Lipinski definition) is 8. The summed E-state index contributed by atoms with van der Waals surface area (Å²) in [4.78, 5) is 12.9. The highest BCUT2D eigenvalue weighted by molar-refractivity contribution is 6.02. The Morgan fingerprint density at radius 3 is 2.27 bits per heavy atom. The highest BCUT2D eigenvalue weighted by Gasteiger charge is 2.51. The number of phenolic OH excluding ortho intramolecular Hbond substituents is 2. The first-order chi connectivity index (χ1) is 19.5. The molecule has 5 rings (SSSR count). The fourth-order valence-corrected chi connectivity index (χ4v) is 5.07. The van der Waals surface area contributed by atoms with E-state index in [4.69, 9.17) is 23.7 Å². The molecule has 11 atom stereocenters. The number of rotatable bonds is 6. The summed E-state index contributed by atoms with van der Waals surface area (Å²) in [5.74, 6) is -0.947. The van der Waals surface area contributed by atoms with Gasteiger partial charge in [-0.15, -0.1) is 0 Å². The van der Waals surface area contributed by atoms with Crippen molar-refractivity contribution >= 4 is 5.78 Å². The maximum Gasteiger partial charge on any atom is 0.229 e. The molecule has 2 saturated heterocycles. The molecule has 2 aromatic rings. The summed E-state index contributed by atoms with van der Waals surface area (Å²) in [6, 6.07) is 8.50. The van der Waals surface area contributed by atoms with Crippen LogP contribution >= 0.6 is 0 Å². The second kappa shape index (κ2) is 11.7. The number of ether oxygens (including phenoxy) is 5. The minimum atomic E-state index is -1.75. The van der Waals surface area contributed by atoms with Crippen LogP contribution in [0.5, 0.6) is 23.0 Å². The van der Waals surface area contributed by atoms with Crippen LogP contribution in [0.15, 0.2) is 36.4 Å². The Morgan fingerprint density at radius 2 is 1.59 bits per heavy atom. The van der Waals surface area contributed by atoms with Gasteiger partial charge in [-0.2, -0.15) is 0 Å². The molecule has 224 valence electrons. The number of hydrogen-bond acceptors (Lipinski definition) is 14. The molecule has 0 bridgehead atoms. The number of phenols is 2. The number of aliphatic hydroxyl groups excluding tert-OH is 6. The van der Waals surface area contributed by atoms with Crippen LogP contribution in [0.4, 0.5) is 0 Å². The van der Waals surface area contributed by atoms with E-state index in [1.807, 2.05) is 0 Å². The quantitative estimate of drug-likeness (QED) is 0.202. The van der Waals surface area contributed by atoms with Gasteiger partial charge in [0.1, 0.15) is 71.3 Å². The zero-order valence-electron chi connectivity index (χ0n) is 21.8. The third-order valence-electron chi connectivity index (χ3n) is 7.42. The molecule has 8 N–H and O–H groups in total. The highest BCUT2D eigenvalue weighted by Crippen LogP contribution is 2.43. The first-order valence-electron chi connectivity index (χ1n) is 13.0. The molecule has 2 aromatic carbocycles. The van der Waals surface area contributed by atoms with Crippen molar-refractivity contribution < 1.29 is 69.3 Å². The Morgan fingerprint density at radius 1 is 0.878 bits per heavy atom. The first-order valence-corrected chi connectivity index (χ1v) is 13.0. The van der Waals surface area contributed by atoms with Crippen LogP contribution in [0.1, 0.15) is 35.4 Å².